The van der Waals surface area contributed by atoms with Crippen LogP contribution in [0.5, 0.6) is 0 Å². The van der Waals surface area contributed by atoms with Gasteiger partial charge >= 0.3 is 0 Å². The summed E-state index contributed by atoms with van der Waals surface area (Å²) in [5, 5.41) is 4.25. The molecule has 1 fully saturated rings. The van der Waals surface area contributed by atoms with Crippen molar-refractivity contribution in [2.24, 2.45) is 11.8 Å². The lowest BCUT2D eigenvalue weighted by atomic mass is 9.78. The summed E-state index contributed by atoms with van der Waals surface area (Å²) in [5.74, 6) is 1.40. The predicted octanol–water partition coefficient (Wildman–Crippen LogP) is 3.69. The molecule has 0 spiro atoms. The van der Waals surface area contributed by atoms with Crippen LogP contribution in [0.1, 0.15) is 62.7 Å². The molecule has 0 atom stereocenters. The van der Waals surface area contributed by atoms with E-state index in [1.807, 2.05) is 10.9 Å². The van der Waals surface area contributed by atoms with Crippen molar-refractivity contribution in [3.63, 3.8) is 0 Å². The lowest BCUT2D eigenvalue weighted by Crippen LogP contribution is -2.21. The fourth-order valence-electron chi connectivity index (χ4n) is 2.91. The number of hydrogen-bond acceptors (Lipinski definition) is 2. The lowest BCUT2D eigenvalue weighted by Gasteiger charge is -2.26. The van der Waals surface area contributed by atoms with Gasteiger partial charge in [-0.2, -0.15) is 5.10 Å². The molecule has 0 radical (unpaired) electrons. The van der Waals surface area contributed by atoms with Gasteiger partial charge in [0.25, 0.3) is 0 Å². The molecule has 0 aliphatic heterocycles. The molecule has 2 rings (SSSR count). The number of carbonyl (C=O) groups excluding carboxylic acids is 1. The normalized spacial score (nSPS) is 24.1. The van der Waals surface area contributed by atoms with Gasteiger partial charge < -0.3 is 0 Å². The minimum Gasteiger partial charge on any atom is -0.294 e. The Labute approximate surface area is 110 Å². The average molecular weight is 248 g/mol. The van der Waals surface area contributed by atoms with E-state index in [-0.39, 0.29) is 5.92 Å². The maximum absolute atomic E-state index is 12.4. The second-order valence-electron chi connectivity index (χ2n) is 5.48. The van der Waals surface area contributed by atoms with Crippen LogP contribution in [0, 0.1) is 11.8 Å². The summed E-state index contributed by atoms with van der Waals surface area (Å²) in [6.45, 7) is 5.27. The van der Waals surface area contributed by atoms with E-state index < -0.39 is 0 Å². The van der Waals surface area contributed by atoms with Gasteiger partial charge in [-0.1, -0.05) is 20.3 Å². The van der Waals surface area contributed by atoms with Crippen LogP contribution in [0.3, 0.4) is 0 Å². The van der Waals surface area contributed by atoms with Crippen LogP contribution in [0.15, 0.2) is 12.4 Å². The first-order chi connectivity index (χ1) is 8.74. The van der Waals surface area contributed by atoms with Gasteiger partial charge in [-0.05, 0) is 38.0 Å². The van der Waals surface area contributed by atoms with E-state index in [0.29, 0.717) is 5.78 Å². The van der Waals surface area contributed by atoms with Crippen LogP contribution in [0.25, 0.3) is 0 Å². The summed E-state index contributed by atoms with van der Waals surface area (Å²) < 4.78 is 1.88. The predicted molar refractivity (Wildman–Crippen MR) is 72.6 cm³/mol. The van der Waals surface area contributed by atoms with Crippen molar-refractivity contribution in [3.05, 3.63) is 18.0 Å². The second-order valence-corrected chi connectivity index (χ2v) is 5.48. The second kappa shape index (κ2) is 6.17. The van der Waals surface area contributed by atoms with Gasteiger partial charge in [0.2, 0.25) is 0 Å². The molecule has 1 heterocycles. The van der Waals surface area contributed by atoms with Crippen LogP contribution >= 0.6 is 0 Å². The number of aromatic nitrogens is 2. The van der Waals surface area contributed by atoms with E-state index in [1.165, 1.54) is 19.3 Å². The largest absolute Gasteiger partial charge is 0.294 e. The van der Waals surface area contributed by atoms with Crippen molar-refractivity contribution in [3.8, 4) is 0 Å². The van der Waals surface area contributed by atoms with Gasteiger partial charge in [-0.3, -0.25) is 9.48 Å². The zero-order valence-corrected chi connectivity index (χ0v) is 11.6. The van der Waals surface area contributed by atoms with Crippen molar-refractivity contribution in [1.29, 1.82) is 0 Å². The molecule has 1 saturated carbocycles. The van der Waals surface area contributed by atoms with E-state index in [0.717, 1.165) is 37.3 Å². The van der Waals surface area contributed by atoms with E-state index in [9.17, 15) is 4.79 Å². The minimum absolute atomic E-state index is 0.243. The number of Topliss-reactive ketones (excluding diaryl/α,β-unsaturated/α-hetero) is 1. The Bertz CT molecular complexity index is 389. The molecule has 1 aromatic heterocycles. The summed E-state index contributed by atoms with van der Waals surface area (Å²) in [6, 6.07) is 0. The van der Waals surface area contributed by atoms with E-state index in [2.05, 4.69) is 18.9 Å². The third kappa shape index (κ3) is 3.01. The van der Waals surface area contributed by atoms with Crippen molar-refractivity contribution >= 4 is 5.78 Å². The van der Waals surface area contributed by atoms with Crippen molar-refractivity contribution in [2.75, 3.05) is 0 Å². The van der Waals surface area contributed by atoms with Gasteiger partial charge in [-0.25, -0.2) is 0 Å². The molecule has 3 nitrogen and oxygen atoms in total. The van der Waals surface area contributed by atoms with Crippen LogP contribution in [-0.4, -0.2) is 15.6 Å². The highest BCUT2D eigenvalue weighted by molar-refractivity contribution is 5.97. The molecule has 1 aliphatic carbocycles. The fourth-order valence-corrected chi connectivity index (χ4v) is 2.91. The Balaban J connectivity index is 1.94. The van der Waals surface area contributed by atoms with Gasteiger partial charge in [0.1, 0.15) is 0 Å². The number of rotatable bonds is 5. The molecule has 0 saturated heterocycles. The quantitative estimate of drug-likeness (QED) is 0.745. The van der Waals surface area contributed by atoms with Gasteiger partial charge in [0.15, 0.2) is 5.78 Å². The van der Waals surface area contributed by atoms with Crippen LogP contribution in [0.4, 0.5) is 0 Å². The van der Waals surface area contributed by atoms with Crippen LogP contribution in [-0.2, 0) is 6.54 Å². The third-order valence-corrected chi connectivity index (χ3v) is 4.17. The molecule has 18 heavy (non-hydrogen) atoms. The number of hydrogen-bond donors (Lipinski definition) is 0. The molecule has 0 bridgehead atoms. The summed E-state index contributed by atoms with van der Waals surface area (Å²) in [5.41, 5.74) is 0.809. The Hall–Kier alpha value is -1.12. The highest BCUT2D eigenvalue weighted by atomic mass is 16.1. The topological polar surface area (TPSA) is 34.9 Å². The van der Waals surface area contributed by atoms with E-state index in [1.54, 1.807) is 6.20 Å². The Morgan fingerprint density at radius 2 is 2.06 bits per heavy atom. The maximum atomic E-state index is 12.4. The number of carbonyl (C=O) groups is 1. The Kier molecular flexibility index (Phi) is 4.56. The van der Waals surface area contributed by atoms with E-state index in [4.69, 9.17) is 0 Å². The van der Waals surface area contributed by atoms with Crippen LogP contribution in [0.2, 0.25) is 0 Å². The first kappa shape index (κ1) is 13.3. The van der Waals surface area contributed by atoms with Gasteiger partial charge in [0, 0.05) is 18.7 Å². The SMILES string of the molecule is CCCn1cc(C(=O)C2CCC(CC)CC2)cn1. The maximum Gasteiger partial charge on any atom is 0.169 e. The Morgan fingerprint density at radius 1 is 1.33 bits per heavy atom. The van der Waals surface area contributed by atoms with Crippen molar-refractivity contribution < 1.29 is 4.79 Å². The first-order valence-corrected chi connectivity index (χ1v) is 7.31. The van der Waals surface area contributed by atoms with Crippen LogP contribution < -0.4 is 0 Å². The standard InChI is InChI=1S/C15H24N2O/c1-3-9-17-11-14(10-16-17)15(18)13-7-5-12(4-2)6-8-13/h10-13H,3-9H2,1-2H3. The minimum atomic E-state index is 0.243. The van der Waals surface area contributed by atoms with Gasteiger partial charge in [0.05, 0.1) is 11.8 Å². The number of aryl methyl sites for hydroxylation is 1. The number of ketones is 1. The summed E-state index contributed by atoms with van der Waals surface area (Å²) in [4.78, 5) is 12.4. The molecular weight excluding hydrogens is 224 g/mol. The van der Waals surface area contributed by atoms with Crippen molar-refractivity contribution in [2.45, 2.75) is 58.9 Å². The number of nitrogens with zero attached hydrogens (tertiary/aromatic N) is 2. The average Bonchev–Trinajstić information content (AvgIpc) is 2.87. The van der Waals surface area contributed by atoms with E-state index >= 15 is 0 Å². The lowest BCUT2D eigenvalue weighted by molar-refractivity contribution is 0.0871. The van der Waals surface area contributed by atoms with Crippen molar-refractivity contribution in [1.82, 2.24) is 9.78 Å². The highest BCUT2D eigenvalue weighted by Gasteiger charge is 2.26. The highest BCUT2D eigenvalue weighted by Crippen LogP contribution is 2.32. The Morgan fingerprint density at radius 3 is 2.67 bits per heavy atom. The summed E-state index contributed by atoms with van der Waals surface area (Å²) >= 11 is 0. The van der Waals surface area contributed by atoms with Gasteiger partial charge in [-0.15, -0.1) is 0 Å². The molecule has 1 aliphatic rings. The molecule has 100 valence electrons. The smallest absolute Gasteiger partial charge is 0.169 e. The molecule has 0 N–H and O–H groups in total. The third-order valence-electron chi connectivity index (χ3n) is 4.17. The fraction of sp³-hybridized carbons (Fsp3) is 0.733. The molecule has 1 aromatic rings. The molecular formula is C15H24N2O. The first-order valence-electron chi connectivity index (χ1n) is 7.31. The molecule has 0 unspecified atom stereocenters. The molecule has 3 heteroatoms. The monoisotopic (exact) mass is 248 g/mol. The zero-order chi connectivity index (χ0) is 13.0. The molecule has 0 aromatic carbocycles. The summed E-state index contributed by atoms with van der Waals surface area (Å²) in [7, 11) is 0. The molecule has 0 amide bonds. The zero-order valence-electron chi connectivity index (χ0n) is 11.6. The summed E-state index contributed by atoms with van der Waals surface area (Å²) in [6.07, 6.45) is 10.5.